The average Bonchev–Trinajstić information content (AvgIpc) is 2.56. The number of rotatable bonds is 3. The molecule has 0 radical (unpaired) electrons. The molecule has 21 heavy (non-hydrogen) atoms. The first-order chi connectivity index (χ1) is 10.3. The number of carbonyl (C=O) groups is 1. The van der Waals surface area contributed by atoms with Crippen LogP contribution < -0.4 is 5.32 Å². The normalized spacial score (nSPS) is 32.1. The minimum atomic E-state index is -0.138. The predicted molar refractivity (Wildman–Crippen MR) is 79.2 cm³/mol. The monoisotopic (exact) mass is 297 g/mol. The molecule has 0 spiro atoms. The van der Waals surface area contributed by atoms with Gasteiger partial charge in [0.25, 0.3) is 0 Å². The molecule has 1 N–H and O–H groups in total. The Morgan fingerprint density at radius 2 is 2.00 bits per heavy atom. The summed E-state index contributed by atoms with van der Waals surface area (Å²) < 4.78 is 10.8. The Morgan fingerprint density at radius 3 is 2.76 bits per heavy atom. The molecule has 120 valence electrons. The molecule has 0 saturated carbocycles. The summed E-state index contributed by atoms with van der Waals surface area (Å²) in [6.45, 7) is 8.66. The first kappa shape index (κ1) is 15.2. The average molecular weight is 297 g/mol. The van der Waals surface area contributed by atoms with Crippen molar-refractivity contribution in [3.63, 3.8) is 0 Å². The molecule has 0 aliphatic carbocycles. The second-order valence-corrected chi connectivity index (χ2v) is 6.29. The van der Waals surface area contributed by atoms with Crippen molar-refractivity contribution in [1.29, 1.82) is 0 Å². The number of likely N-dealkylation sites (tertiary alicyclic amines) is 1. The molecule has 3 rings (SSSR count). The maximum atomic E-state index is 12.5. The van der Waals surface area contributed by atoms with E-state index in [4.69, 9.17) is 9.47 Å². The minimum absolute atomic E-state index is 0.138. The van der Waals surface area contributed by atoms with Crippen LogP contribution in [0, 0.1) is 5.92 Å². The minimum Gasteiger partial charge on any atom is -0.379 e. The highest BCUT2D eigenvalue weighted by Gasteiger charge is 2.30. The lowest BCUT2D eigenvalue weighted by atomic mass is 9.96. The molecule has 3 heterocycles. The van der Waals surface area contributed by atoms with Crippen LogP contribution in [0.15, 0.2) is 0 Å². The predicted octanol–water partition coefficient (Wildman–Crippen LogP) is -0.454. The van der Waals surface area contributed by atoms with Crippen molar-refractivity contribution in [2.75, 3.05) is 65.7 Å². The Hall–Kier alpha value is -0.690. The highest BCUT2D eigenvalue weighted by Crippen LogP contribution is 2.19. The lowest BCUT2D eigenvalue weighted by Crippen LogP contribution is -2.55. The van der Waals surface area contributed by atoms with E-state index in [0.717, 1.165) is 58.9 Å². The third kappa shape index (κ3) is 4.16. The van der Waals surface area contributed by atoms with Crippen LogP contribution in [0.4, 0.5) is 0 Å². The fourth-order valence-corrected chi connectivity index (χ4v) is 3.51. The van der Waals surface area contributed by atoms with Gasteiger partial charge in [-0.25, -0.2) is 0 Å². The van der Waals surface area contributed by atoms with Crippen LogP contribution in [0.25, 0.3) is 0 Å². The number of hydrogen-bond acceptors (Lipinski definition) is 5. The van der Waals surface area contributed by atoms with Gasteiger partial charge in [0.2, 0.25) is 5.91 Å². The Morgan fingerprint density at radius 1 is 1.14 bits per heavy atom. The number of hydrogen-bond donors (Lipinski definition) is 1. The molecule has 3 aliphatic heterocycles. The SMILES string of the molecule is O=C([C@@H]1COCCN1)N1CCC[C@@H](CN2CCOCC2)C1. The molecular formula is C15H27N3O3. The summed E-state index contributed by atoms with van der Waals surface area (Å²) in [4.78, 5) is 17.1. The van der Waals surface area contributed by atoms with Gasteiger partial charge in [0.15, 0.2) is 0 Å². The highest BCUT2D eigenvalue weighted by molar-refractivity contribution is 5.82. The van der Waals surface area contributed by atoms with E-state index >= 15 is 0 Å². The van der Waals surface area contributed by atoms with Gasteiger partial charge in [0, 0.05) is 39.3 Å². The summed E-state index contributed by atoms with van der Waals surface area (Å²) in [7, 11) is 0. The lowest BCUT2D eigenvalue weighted by molar-refractivity contribution is -0.138. The third-order valence-electron chi connectivity index (χ3n) is 4.67. The number of ether oxygens (including phenoxy) is 2. The Kier molecular flexibility index (Phi) is 5.46. The van der Waals surface area contributed by atoms with Crippen LogP contribution in [0.1, 0.15) is 12.8 Å². The van der Waals surface area contributed by atoms with Crippen LogP contribution in [-0.4, -0.2) is 87.4 Å². The van der Waals surface area contributed by atoms with Crippen molar-refractivity contribution < 1.29 is 14.3 Å². The summed E-state index contributed by atoms with van der Waals surface area (Å²) in [5.74, 6) is 0.826. The molecule has 2 atom stereocenters. The molecule has 0 aromatic heterocycles. The highest BCUT2D eigenvalue weighted by atomic mass is 16.5. The topological polar surface area (TPSA) is 54.0 Å². The van der Waals surface area contributed by atoms with E-state index in [-0.39, 0.29) is 11.9 Å². The molecule has 6 heteroatoms. The van der Waals surface area contributed by atoms with Crippen molar-refractivity contribution in [2.45, 2.75) is 18.9 Å². The summed E-state index contributed by atoms with van der Waals surface area (Å²) in [6, 6.07) is -0.138. The quantitative estimate of drug-likeness (QED) is 0.764. The number of morpholine rings is 2. The van der Waals surface area contributed by atoms with Gasteiger partial charge in [0.1, 0.15) is 6.04 Å². The molecule has 0 unspecified atom stereocenters. The van der Waals surface area contributed by atoms with Crippen LogP contribution >= 0.6 is 0 Å². The van der Waals surface area contributed by atoms with Crippen LogP contribution in [-0.2, 0) is 14.3 Å². The third-order valence-corrected chi connectivity index (χ3v) is 4.67. The van der Waals surface area contributed by atoms with E-state index in [9.17, 15) is 4.79 Å². The Bertz CT molecular complexity index is 341. The van der Waals surface area contributed by atoms with Gasteiger partial charge in [-0.2, -0.15) is 0 Å². The zero-order chi connectivity index (χ0) is 14.5. The summed E-state index contributed by atoms with van der Waals surface area (Å²) >= 11 is 0. The molecular weight excluding hydrogens is 270 g/mol. The largest absolute Gasteiger partial charge is 0.379 e. The number of nitrogens with zero attached hydrogens (tertiary/aromatic N) is 2. The fourth-order valence-electron chi connectivity index (χ4n) is 3.51. The van der Waals surface area contributed by atoms with Crippen molar-refractivity contribution in [3.8, 4) is 0 Å². The fraction of sp³-hybridized carbons (Fsp3) is 0.933. The van der Waals surface area contributed by atoms with Crippen molar-refractivity contribution >= 4 is 5.91 Å². The number of piperidine rings is 1. The Labute approximate surface area is 126 Å². The maximum Gasteiger partial charge on any atom is 0.242 e. The van der Waals surface area contributed by atoms with Gasteiger partial charge in [-0.3, -0.25) is 9.69 Å². The van der Waals surface area contributed by atoms with E-state index in [0.29, 0.717) is 19.1 Å². The van der Waals surface area contributed by atoms with E-state index in [2.05, 4.69) is 10.2 Å². The van der Waals surface area contributed by atoms with Crippen molar-refractivity contribution in [1.82, 2.24) is 15.1 Å². The van der Waals surface area contributed by atoms with Gasteiger partial charge in [-0.05, 0) is 18.8 Å². The standard InChI is InChI=1S/C15H27N3O3/c19-15(14-12-21-7-3-16-14)18-4-1-2-13(11-18)10-17-5-8-20-9-6-17/h13-14,16H,1-12H2/t13-,14-/m0/s1. The first-order valence-corrected chi connectivity index (χ1v) is 8.23. The van der Waals surface area contributed by atoms with Crippen LogP contribution in [0.3, 0.4) is 0 Å². The van der Waals surface area contributed by atoms with Gasteiger partial charge in [0.05, 0.1) is 26.4 Å². The van der Waals surface area contributed by atoms with E-state index < -0.39 is 0 Å². The Balaban J connectivity index is 1.48. The van der Waals surface area contributed by atoms with Crippen LogP contribution in [0.2, 0.25) is 0 Å². The van der Waals surface area contributed by atoms with Gasteiger partial charge < -0.3 is 19.7 Å². The second-order valence-electron chi connectivity index (χ2n) is 6.29. The molecule has 3 fully saturated rings. The molecule has 6 nitrogen and oxygen atoms in total. The summed E-state index contributed by atoms with van der Waals surface area (Å²) in [5, 5.41) is 3.27. The lowest BCUT2D eigenvalue weighted by Gasteiger charge is -2.38. The second kappa shape index (κ2) is 7.54. The van der Waals surface area contributed by atoms with E-state index in [1.807, 2.05) is 4.90 Å². The van der Waals surface area contributed by atoms with Crippen molar-refractivity contribution in [3.05, 3.63) is 0 Å². The van der Waals surface area contributed by atoms with Crippen molar-refractivity contribution in [2.24, 2.45) is 5.92 Å². The molecule has 0 aromatic carbocycles. The number of carbonyl (C=O) groups excluding carboxylic acids is 1. The molecule has 0 aromatic rings. The zero-order valence-electron chi connectivity index (χ0n) is 12.8. The van der Waals surface area contributed by atoms with Gasteiger partial charge >= 0.3 is 0 Å². The maximum absolute atomic E-state index is 12.5. The number of nitrogens with one attached hydrogen (secondary N) is 1. The van der Waals surface area contributed by atoms with Crippen LogP contribution in [0.5, 0.6) is 0 Å². The molecule has 3 aliphatic rings. The smallest absolute Gasteiger partial charge is 0.242 e. The molecule has 3 saturated heterocycles. The number of amides is 1. The van der Waals surface area contributed by atoms with Gasteiger partial charge in [-0.15, -0.1) is 0 Å². The van der Waals surface area contributed by atoms with Gasteiger partial charge in [-0.1, -0.05) is 0 Å². The molecule has 1 amide bonds. The summed E-state index contributed by atoms with van der Waals surface area (Å²) in [5.41, 5.74) is 0. The van der Waals surface area contributed by atoms with E-state index in [1.54, 1.807) is 0 Å². The summed E-state index contributed by atoms with van der Waals surface area (Å²) in [6.07, 6.45) is 2.35. The zero-order valence-corrected chi connectivity index (χ0v) is 12.8. The van der Waals surface area contributed by atoms with E-state index in [1.165, 1.54) is 6.42 Å². The first-order valence-electron chi connectivity index (χ1n) is 8.23. The molecule has 0 bridgehead atoms.